The lowest BCUT2D eigenvalue weighted by molar-refractivity contribution is 0.0306. The van der Waals surface area contributed by atoms with Crippen molar-refractivity contribution in [3.63, 3.8) is 0 Å². The molecule has 1 amide bonds. The summed E-state index contributed by atoms with van der Waals surface area (Å²) in [6.07, 6.45) is 3.38. The molecule has 0 spiro atoms. The fourth-order valence-corrected chi connectivity index (χ4v) is 3.81. The van der Waals surface area contributed by atoms with Gasteiger partial charge < -0.3 is 14.9 Å². The van der Waals surface area contributed by atoms with Crippen LogP contribution in [0.15, 0.2) is 10.6 Å². The van der Waals surface area contributed by atoms with Gasteiger partial charge in [0.05, 0.1) is 11.3 Å². The molecule has 2 rings (SSSR count). The summed E-state index contributed by atoms with van der Waals surface area (Å²) in [7, 11) is 0. The molecule has 0 saturated carbocycles. The predicted molar refractivity (Wildman–Crippen MR) is 83.7 cm³/mol. The van der Waals surface area contributed by atoms with Gasteiger partial charge in [-0.1, -0.05) is 19.0 Å². The van der Waals surface area contributed by atoms with Crippen molar-refractivity contribution in [2.45, 2.75) is 51.0 Å². The lowest BCUT2D eigenvalue weighted by Gasteiger charge is -2.31. The highest BCUT2D eigenvalue weighted by atomic mass is 32.2. The Bertz CT molecular complexity index is 465. The van der Waals surface area contributed by atoms with Crippen molar-refractivity contribution in [1.82, 2.24) is 10.5 Å². The number of thioether (sulfide) groups is 1. The van der Waals surface area contributed by atoms with Crippen molar-refractivity contribution < 1.29 is 14.4 Å². The van der Waals surface area contributed by atoms with Crippen LogP contribution in [0.3, 0.4) is 0 Å². The molecule has 1 aliphatic heterocycles. The summed E-state index contributed by atoms with van der Waals surface area (Å²) in [5.74, 6) is 2.13. The zero-order chi connectivity index (χ0) is 15.3. The molecule has 5 nitrogen and oxygen atoms in total. The van der Waals surface area contributed by atoms with Crippen LogP contribution in [0.25, 0.3) is 0 Å². The molecule has 0 aliphatic carbocycles. The van der Waals surface area contributed by atoms with Crippen LogP contribution in [0.4, 0.5) is 0 Å². The second-order valence-electron chi connectivity index (χ2n) is 5.65. The Morgan fingerprint density at radius 3 is 2.76 bits per heavy atom. The van der Waals surface area contributed by atoms with Crippen LogP contribution in [0.5, 0.6) is 0 Å². The first-order valence-electron chi connectivity index (χ1n) is 7.63. The molecule has 1 aromatic rings. The van der Waals surface area contributed by atoms with Gasteiger partial charge in [-0.05, 0) is 37.2 Å². The summed E-state index contributed by atoms with van der Waals surface area (Å²) < 4.78 is 5.14. The number of aromatic nitrogens is 1. The number of nitrogens with one attached hydrogen (secondary N) is 1. The lowest BCUT2D eigenvalue weighted by atomic mass is 9.97. The molecule has 0 bridgehead atoms. The Morgan fingerprint density at radius 1 is 1.48 bits per heavy atom. The molecular formula is C15H24N2O3S. The molecule has 2 heterocycles. The quantitative estimate of drug-likeness (QED) is 0.844. The van der Waals surface area contributed by atoms with E-state index < -0.39 is 5.60 Å². The van der Waals surface area contributed by atoms with E-state index >= 15 is 0 Å². The Balaban J connectivity index is 1.91. The van der Waals surface area contributed by atoms with Crippen molar-refractivity contribution in [1.29, 1.82) is 0 Å². The van der Waals surface area contributed by atoms with Gasteiger partial charge in [0.1, 0.15) is 0 Å². The Kier molecular flexibility index (Phi) is 5.70. The average Bonchev–Trinajstić information content (AvgIpc) is 2.97. The largest absolute Gasteiger partial charge is 0.388 e. The molecule has 1 saturated heterocycles. The Labute approximate surface area is 129 Å². The van der Waals surface area contributed by atoms with Crippen LogP contribution in [0.2, 0.25) is 0 Å². The molecule has 0 aromatic carbocycles. The van der Waals surface area contributed by atoms with E-state index in [0.29, 0.717) is 18.8 Å². The first-order valence-corrected chi connectivity index (χ1v) is 8.78. The normalized spacial score (nSPS) is 17.9. The van der Waals surface area contributed by atoms with E-state index in [0.717, 1.165) is 30.0 Å². The lowest BCUT2D eigenvalue weighted by Crippen LogP contribution is -2.45. The van der Waals surface area contributed by atoms with Gasteiger partial charge in [0.25, 0.3) is 5.91 Å². The average molecular weight is 312 g/mol. The zero-order valence-electron chi connectivity index (χ0n) is 12.7. The standard InChI is InChI=1S/C15H24N2O3S/c1-3-11(4-2)12-9-13(20-17-12)14(18)16-10-15(19)5-7-21-8-6-15/h9,11,19H,3-8,10H2,1-2H3,(H,16,18). The minimum Gasteiger partial charge on any atom is -0.388 e. The minimum atomic E-state index is -0.779. The Hall–Kier alpha value is -1.01. The summed E-state index contributed by atoms with van der Waals surface area (Å²) in [5.41, 5.74) is 0.0528. The van der Waals surface area contributed by atoms with Gasteiger partial charge in [0.15, 0.2) is 0 Å². The van der Waals surface area contributed by atoms with Crippen LogP contribution < -0.4 is 5.32 Å². The molecule has 0 atom stereocenters. The van der Waals surface area contributed by atoms with Crippen LogP contribution in [0, 0.1) is 0 Å². The third kappa shape index (κ3) is 4.23. The summed E-state index contributed by atoms with van der Waals surface area (Å²) in [6.45, 7) is 4.46. The first kappa shape index (κ1) is 16.4. The topological polar surface area (TPSA) is 75.4 Å². The molecular weight excluding hydrogens is 288 g/mol. The van der Waals surface area contributed by atoms with E-state index in [9.17, 15) is 9.90 Å². The van der Waals surface area contributed by atoms with E-state index in [2.05, 4.69) is 24.3 Å². The van der Waals surface area contributed by atoms with Crippen LogP contribution in [-0.2, 0) is 0 Å². The number of amides is 1. The maximum atomic E-state index is 12.1. The smallest absolute Gasteiger partial charge is 0.290 e. The molecule has 0 radical (unpaired) electrons. The third-order valence-corrected chi connectivity index (χ3v) is 5.14. The molecule has 1 aromatic heterocycles. The predicted octanol–water partition coefficient (Wildman–Crippen LogP) is 2.57. The minimum absolute atomic E-state index is 0.227. The number of carbonyl (C=O) groups excluding carboxylic acids is 1. The van der Waals surface area contributed by atoms with Gasteiger partial charge >= 0.3 is 0 Å². The van der Waals surface area contributed by atoms with Gasteiger partial charge in [0, 0.05) is 18.5 Å². The summed E-state index contributed by atoms with van der Waals surface area (Å²) in [5, 5.41) is 17.1. The van der Waals surface area contributed by atoms with Gasteiger partial charge in [-0.2, -0.15) is 11.8 Å². The maximum Gasteiger partial charge on any atom is 0.290 e. The second kappa shape index (κ2) is 7.31. The first-order chi connectivity index (χ1) is 10.1. The number of rotatable bonds is 6. The van der Waals surface area contributed by atoms with Crippen LogP contribution in [-0.4, -0.2) is 39.8 Å². The molecule has 2 N–H and O–H groups in total. The van der Waals surface area contributed by atoms with Crippen molar-refractivity contribution in [3.05, 3.63) is 17.5 Å². The van der Waals surface area contributed by atoms with Crippen molar-refractivity contribution in [2.75, 3.05) is 18.1 Å². The molecule has 1 aliphatic rings. The zero-order valence-corrected chi connectivity index (χ0v) is 13.5. The van der Waals surface area contributed by atoms with Crippen molar-refractivity contribution in [3.8, 4) is 0 Å². The third-order valence-electron chi connectivity index (χ3n) is 4.16. The Morgan fingerprint density at radius 2 is 2.14 bits per heavy atom. The molecule has 6 heteroatoms. The highest BCUT2D eigenvalue weighted by Crippen LogP contribution is 2.26. The van der Waals surface area contributed by atoms with Crippen LogP contribution in [0.1, 0.15) is 61.7 Å². The van der Waals surface area contributed by atoms with Gasteiger partial charge in [-0.25, -0.2) is 0 Å². The van der Waals surface area contributed by atoms with Gasteiger partial charge in [0.2, 0.25) is 5.76 Å². The summed E-state index contributed by atoms with van der Waals surface area (Å²) in [6, 6.07) is 1.72. The van der Waals surface area contributed by atoms with Crippen LogP contribution >= 0.6 is 11.8 Å². The number of aliphatic hydroxyl groups is 1. The molecule has 0 unspecified atom stereocenters. The number of hydrogen-bond acceptors (Lipinski definition) is 5. The summed E-state index contributed by atoms with van der Waals surface area (Å²) in [4.78, 5) is 12.1. The molecule has 21 heavy (non-hydrogen) atoms. The van der Waals surface area contributed by atoms with Gasteiger partial charge in [-0.3, -0.25) is 4.79 Å². The highest BCUT2D eigenvalue weighted by Gasteiger charge is 2.30. The van der Waals surface area contributed by atoms with E-state index in [4.69, 9.17) is 4.52 Å². The fourth-order valence-electron chi connectivity index (χ4n) is 2.56. The molecule has 1 fully saturated rings. The van der Waals surface area contributed by atoms with Crippen molar-refractivity contribution in [2.24, 2.45) is 0 Å². The fraction of sp³-hybridized carbons (Fsp3) is 0.733. The van der Waals surface area contributed by atoms with E-state index in [1.165, 1.54) is 0 Å². The number of nitrogens with zero attached hydrogens (tertiary/aromatic N) is 1. The highest BCUT2D eigenvalue weighted by molar-refractivity contribution is 7.99. The number of hydrogen-bond donors (Lipinski definition) is 2. The van der Waals surface area contributed by atoms with Crippen molar-refractivity contribution >= 4 is 17.7 Å². The van der Waals surface area contributed by atoms with E-state index in [1.807, 2.05) is 11.8 Å². The monoisotopic (exact) mass is 312 g/mol. The van der Waals surface area contributed by atoms with Gasteiger partial charge in [-0.15, -0.1) is 0 Å². The summed E-state index contributed by atoms with van der Waals surface area (Å²) >= 11 is 1.84. The van der Waals surface area contributed by atoms with E-state index in [1.54, 1.807) is 6.07 Å². The molecule has 118 valence electrons. The van der Waals surface area contributed by atoms with E-state index in [-0.39, 0.29) is 18.2 Å². The maximum absolute atomic E-state index is 12.1. The second-order valence-corrected chi connectivity index (χ2v) is 6.87. The SMILES string of the molecule is CCC(CC)c1cc(C(=O)NCC2(O)CCSCC2)on1. The number of carbonyl (C=O) groups is 1.